The van der Waals surface area contributed by atoms with Gasteiger partial charge in [-0.1, -0.05) is 6.92 Å². The van der Waals surface area contributed by atoms with Gasteiger partial charge in [0.1, 0.15) is 5.82 Å². The molecule has 1 aliphatic heterocycles. The number of rotatable bonds is 3. The van der Waals surface area contributed by atoms with Crippen LogP contribution in [0.4, 0.5) is 21.8 Å². The summed E-state index contributed by atoms with van der Waals surface area (Å²) in [6, 6.07) is 6.12. The van der Waals surface area contributed by atoms with E-state index in [1.54, 1.807) is 12.1 Å². The van der Waals surface area contributed by atoms with E-state index in [9.17, 15) is 4.39 Å². The minimum absolute atomic E-state index is 0.280. The predicted molar refractivity (Wildman–Crippen MR) is 89.8 cm³/mol. The summed E-state index contributed by atoms with van der Waals surface area (Å²) in [7, 11) is 0. The molecule has 1 aromatic carbocycles. The van der Waals surface area contributed by atoms with Gasteiger partial charge in [-0.05, 0) is 43.0 Å². The standard InChI is InChI=1S/C16H18FN7/c1-10-3-2-8-24(9-10)16-19-14(13-15(20-16)22-23-21-13)18-12-6-4-11(17)5-7-12/h4-7,10H,2-3,8-9H2,1H3,(H2,18,19,20,21,22,23)/t10-/m1/s1. The molecule has 8 heteroatoms. The van der Waals surface area contributed by atoms with Gasteiger partial charge in [0.05, 0.1) is 0 Å². The molecule has 1 fully saturated rings. The van der Waals surface area contributed by atoms with Gasteiger partial charge in [0, 0.05) is 18.8 Å². The molecule has 7 nitrogen and oxygen atoms in total. The lowest BCUT2D eigenvalue weighted by Crippen LogP contribution is -2.35. The number of aromatic amines is 1. The molecule has 0 radical (unpaired) electrons. The Balaban J connectivity index is 1.70. The summed E-state index contributed by atoms with van der Waals surface area (Å²) in [5.41, 5.74) is 1.81. The van der Waals surface area contributed by atoms with E-state index in [-0.39, 0.29) is 5.82 Å². The maximum absolute atomic E-state index is 13.1. The molecule has 0 saturated carbocycles. The fourth-order valence-corrected chi connectivity index (χ4v) is 3.00. The van der Waals surface area contributed by atoms with Crippen LogP contribution in [-0.2, 0) is 0 Å². The van der Waals surface area contributed by atoms with Crippen LogP contribution in [0.1, 0.15) is 19.8 Å². The largest absolute Gasteiger partial charge is 0.340 e. The Bertz CT molecular complexity index is 845. The van der Waals surface area contributed by atoms with Crippen molar-refractivity contribution in [2.45, 2.75) is 19.8 Å². The minimum atomic E-state index is -0.280. The zero-order chi connectivity index (χ0) is 16.5. The second-order valence-electron chi connectivity index (χ2n) is 6.19. The monoisotopic (exact) mass is 327 g/mol. The van der Waals surface area contributed by atoms with Crippen molar-refractivity contribution in [2.75, 3.05) is 23.3 Å². The quantitative estimate of drug-likeness (QED) is 0.770. The van der Waals surface area contributed by atoms with Crippen molar-refractivity contribution in [1.82, 2.24) is 25.4 Å². The molecule has 24 heavy (non-hydrogen) atoms. The number of aromatic nitrogens is 5. The van der Waals surface area contributed by atoms with Crippen LogP contribution in [-0.4, -0.2) is 38.5 Å². The molecular formula is C16H18FN7. The van der Waals surface area contributed by atoms with Crippen LogP contribution in [0, 0.1) is 11.7 Å². The zero-order valence-electron chi connectivity index (χ0n) is 13.3. The Hall–Kier alpha value is -2.77. The molecule has 1 atom stereocenters. The highest BCUT2D eigenvalue weighted by Gasteiger charge is 2.21. The third-order valence-electron chi connectivity index (χ3n) is 4.22. The Morgan fingerprint density at radius 3 is 2.83 bits per heavy atom. The second-order valence-corrected chi connectivity index (χ2v) is 6.19. The lowest BCUT2D eigenvalue weighted by Gasteiger charge is -2.30. The normalized spacial score (nSPS) is 18.1. The molecule has 0 unspecified atom stereocenters. The highest BCUT2D eigenvalue weighted by molar-refractivity contribution is 5.85. The van der Waals surface area contributed by atoms with Gasteiger partial charge >= 0.3 is 0 Å². The van der Waals surface area contributed by atoms with Gasteiger partial charge in [-0.2, -0.15) is 20.3 Å². The van der Waals surface area contributed by atoms with E-state index >= 15 is 0 Å². The molecule has 3 heterocycles. The predicted octanol–water partition coefficient (Wildman–Crippen LogP) is 2.87. The number of hydrogen-bond acceptors (Lipinski definition) is 6. The number of nitrogens with zero attached hydrogens (tertiary/aromatic N) is 5. The summed E-state index contributed by atoms with van der Waals surface area (Å²) in [4.78, 5) is 11.3. The summed E-state index contributed by atoms with van der Waals surface area (Å²) in [5, 5.41) is 14.0. The van der Waals surface area contributed by atoms with E-state index in [0.29, 0.717) is 28.8 Å². The SMILES string of the molecule is C[C@@H]1CCCN(c2nc(Nc3ccc(F)cc3)c3n[nH]nc3n2)C1. The van der Waals surface area contributed by atoms with Crippen LogP contribution in [0.15, 0.2) is 24.3 Å². The third-order valence-corrected chi connectivity index (χ3v) is 4.22. The third kappa shape index (κ3) is 2.86. The summed E-state index contributed by atoms with van der Waals surface area (Å²) in [6.45, 7) is 4.10. The average Bonchev–Trinajstić information content (AvgIpc) is 3.06. The van der Waals surface area contributed by atoms with Crippen molar-refractivity contribution >= 4 is 28.6 Å². The molecule has 2 aromatic heterocycles. The molecule has 124 valence electrons. The molecule has 0 aliphatic carbocycles. The Labute approximate surface area is 138 Å². The van der Waals surface area contributed by atoms with Crippen molar-refractivity contribution in [3.63, 3.8) is 0 Å². The lowest BCUT2D eigenvalue weighted by atomic mass is 10.0. The van der Waals surface area contributed by atoms with Crippen molar-refractivity contribution in [3.8, 4) is 0 Å². The summed E-state index contributed by atoms with van der Waals surface area (Å²) >= 11 is 0. The van der Waals surface area contributed by atoms with Crippen LogP contribution in [0.25, 0.3) is 11.2 Å². The molecule has 4 rings (SSSR count). The molecule has 3 aromatic rings. The van der Waals surface area contributed by atoms with Gasteiger partial charge in [0.25, 0.3) is 0 Å². The number of fused-ring (bicyclic) bond motifs is 1. The van der Waals surface area contributed by atoms with Gasteiger partial charge in [0.15, 0.2) is 11.3 Å². The van der Waals surface area contributed by atoms with Gasteiger partial charge in [-0.25, -0.2) is 4.39 Å². The first-order chi connectivity index (χ1) is 11.7. The Kier molecular flexibility index (Phi) is 3.72. The fraction of sp³-hybridized carbons (Fsp3) is 0.375. The van der Waals surface area contributed by atoms with Crippen LogP contribution in [0.3, 0.4) is 0 Å². The highest BCUT2D eigenvalue weighted by Crippen LogP contribution is 2.26. The number of H-pyrrole nitrogens is 1. The maximum Gasteiger partial charge on any atom is 0.229 e. The summed E-state index contributed by atoms with van der Waals surface area (Å²) < 4.78 is 13.1. The van der Waals surface area contributed by atoms with Gasteiger partial charge in [-0.15, -0.1) is 5.10 Å². The van der Waals surface area contributed by atoms with Crippen molar-refractivity contribution in [2.24, 2.45) is 5.92 Å². The topological polar surface area (TPSA) is 82.6 Å². The first-order valence-corrected chi connectivity index (χ1v) is 8.05. The highest BCUT2D eigenvalue weighted by atomic mass is 19.1. The van der Waals surface area contributed by atoms with Crippen molar-refractivity contribution in [1.29, 1.82) is 0 Å². The molecule has 0 spiro atoms. The molecular weight excluding hydrogens is 309 g/mol. The van der Waals surface area contributed by atoms with Gasteiger partial charge in [0.2, 0.25) is 11.6 Å². The number of anilines is 3. The molecule has 1 aliphatic rings. The van der Waals surface area contributed by atoms with E-state index in [1.165, 1.54) is 18.6 Å². The minimum Gasteiger partial charge on any atom is -0.340 e. The van der Waals surface area contributed by atoms with E-state index in [4.69, 9.17) is 0 Å². The van der Waals surface area contributed by atoms with Crippen LogP contribution in [0.2, 0.25) is 0 Å². The van der Waals surface area contributed by atoms with Crippen molar-refractivity contribution in [3.05, 3.63) is 30.1 Å². The number of benzene rings is 1. The average molecular weight is 327 g/mol. The Morgan fingerprint density at radius 1 is 1.21 bits per heavy atom. The van der Waals surface area contributed by atoms with Crippen LogP contribution >= 0.6 is 0 Å². The molecule has 0 amide bonds. The van der Waals surface area contributed by atoms with E-state index in [1.807, 2.05) is 0 Å². The molecule has 1 saturated heterocycles. The number of halogens is 1. The van der Waals surface area contributed by atoms with Crippen LogP contribution in [0.5, 0.6) is 0 Å². The van der Waals surface area contributed by atoms with Gasteiger partial charge < -0.3 is 10.2 Å². The molecule has 0 bridgehead atoms. The fourth-order valence-electron chi connectivity index (χ4n) is 3.00. The smallest absolute Gasteiger partial charge is 0.229 e. The summed E-state index contributed by atoms with van der Waals surface area (Å²) in [6.07, 6.45) is 2.35. The van der Waals surface area contributed by atoms with E-state index in [2.05, 4.69) is 42.5 Å². The first kappa shape index (κ1) is 14.8. The van der Waals surface area contributed by atoms with Crippen LogP contribution < -0.4 is 10.2 Å². The van der Waals surface area contributed by atoms with E-state index < -0.39 is 0 Å². The van der Waals surface area contributed by atoms with Gasteiger partial charge in [-0.3, -0.25) is 0 Å². The number of nitrogens with one attached hydrogen (secondary N) is 2. The molecule has 2 N–H and O–H groups in total. The van der Waals surface area contributed by atoms with Crippen molar-refractivity contribution < 1.29 is 4.39 Å². The Morgan fingerprint density at radius 2 is 2.04 bits per heavy atom. The second kappa shape index (κ2) is 6.03. The van der Waals surface area contributed by atoms with E-state index in [0.717, 1.165) is 25.2 Å². The zero-order valence-corrected chi connectivity index (χ0v) is 13.3. The summed E-state index contributed by atoms with van der Waals surface area (Å²) in [5.74, 6) is 1.54. The number of hydrogen-bond donors (Lipinski definition) is 2. The maximum atomic E-state index is 13.1. The lowest BCUT2D eigenvalue weighted by molar-refractivity contribution is 0.442. The number of piperidine rings is 1. The first-order valence-electron chi connectivity index (χ1n) is 8.05.